The van der Waals surface area contributed by atoms with Crippen LogP contribution in [0.1, 0.15) is 26.3 Å². The molecule has 1 aromatic rings. The average molecular weight is 294 g/mol. The SMILES string of the molecule is C=C(O)/C=C/c1ccc(Cl)cc1NC(=C)OC(C)(C)C. The zero-order valence-corrected chi connectivity index (χ0v) is 12.8. The molecule has 0 fully saturated rings. The van der Waals surface area contributed by atoms with Gasteiger partial charge in [0.1, 0.15) is 11.4 Å². The molecule has 0 bridgehead atoms. The summed E-state index contributed by atoms with van der Waals surface area (Å²) in [6, 6.07) is 5.35. The third-order valence-corrected chi connectivity index (χ3v) is 2.41. The van der Waals surface area contributed by atoms with Gasteiger partial charge in [-0.3, -0.25) is 0 Å². The normalized spacial score (nSPS) is 11.4. The van der Waals surface area contributed by atoms with E-state index in [1.807, 2.05) is 26.8 Å². The Labute approximate surface area is 125 Å². The first kappa shape index (κ1) is 16.2. The minimum absolute atomic E-state index is 0.0179. The van der Waals surface area contributed by atoms with Crippen molar-refractivity contribution in [3.63, 3.8) is 0 Å². The lowest BCUT2D eigenvalue weighted by atomic mass is 10.1. The van der Waals surface area contributed by atoms with Crippen molar-refractivity contribution < 1.29 is 9.84 Å². The zero-order valence-electron chi connectivity index (χ0n) is 12.0. The van der Waals surface area contributed by atoms with Gasteiger partial charge in [-0.15, -0.1) is 0 Å². The Morgan fingerprint density at radius 3 is 2.55 bits per heavy atom. The monoisotopic (exact) mass is 293 g/mol. The van der Waals surface area contributed by atoms with Gasteiger partial charge in [0.25, 0.3) is 0 Å². The summed E-state index contributed by atoms with van der Waals surface area (Å²) in [6.07, 6.45) is 3.23. The molecule has 0 aliphatic carbocycles. The average Bonchev–Trinajstić information content (AvgIpc) is 2.24. The molecular weight excluding hydrogens is 274 g/mol. The molecule has 0 saturated heterocycles. The van der Waals surface area contributed by atoms with Crippen molar-refractivity contribution in [1.29, 1.82) is 0 Å². The molecule has 0 atom stereocenters. The van der Waals surface area contributed by atoms with E-state index in [-0.39, 0.29) is 11.4 Å². The van der Waals surface area contributed by atoms with Crippen molar-refractivity contribution in [2.75, 3.05) is 5.32 Å². The molecule has 0 amide bonds. The molecule has 1 aromatic carbocycles. The van der Waals surface area contributed by atoms with E-state index in [4.69, 9.17) is 21.4 Å². The van der Waals surface area contributed by atoms with E-state index in [1.54, 1.807) is 18.2 Å². The molecule has 0 saturated carbocycles. The number of hydrogen-bond acceptors (Lipinski definition) is 3. The Kier molecular flexibility index (Phi) is 5.28. The lowest BCUT2D eigenvalue weighted by Gasteiger charge is -2.23. The van der Waals surface area contributed by atoms with Crippen LogP contribution < -0.4 is 5.32 Å². The minimum atomic E-state index is -0.335. The Bertz CT molecular complexity index is 542. The van der Waals surface area contributed by atoms with E-state index in [9.17, 15) is 0 Å². The summed E-state index contributed by atoms with van der Waals surface area (Å²) in [5.74, 6) is 0.410. The Morgan fingerprint density at radius 1 is 1.35 bits per heavy atom. The number of nitrogens with one attached hydrogen (secondary N) is 1. The van der Waals surface area contributed by atoms with Crippen LogP contribution in [-0.4, -0.2) is 10.7 Å². The van der Waals surface area contributed by atoms with Gasteiger partial charge in [0, 0.05) is 10.7 Å². The van der Waals surface area contributed by atoms with Crippen LogP contribution in [0, 0.1) is 0 Å². The largest absolute Gasteiger partial charge is 0.509 e. The van der Waals surface area contributed by atoms with Crippen molar-refractivity contribution in [1.82, 2.24) is 0 Å². The standard InChI is InChI=1S/C16H20ClNO2/c1-11(19)6-7-13-8-9-14(17)10-15(13)18-12(2)20-16(3,4)5/h6-10,18-19H,1-2H2,3-5H3/b7-6+. The van der Waals surface area contributed by atoms with Gasteiger partial charge >= 0.3 is 0 Å². The third kappa shape index (κ3) is 5.85. The highest BCUT2D eigenvalue weighted by molar-refractivity contribution is 6.30. The summed E-state index contributed by atoms with van der Waals surface area (Å²) in [5, 5.41) is 12.8. The quantitative estimate of drug-likeness (QED) is 0.584. The molecule has 20 heavy (non-hydrogen) atoms. The molecule has 108 valence electrons. The van der Waals surface area contributed by atoms with Crippen LogP contribution >= 0.6 is 11.6 Å². The number of aliphatic hydroxyl groups excluding tert-OH is 1. The number of ether oxygens (including phenoxy) is 1. The molecule has 0 heterocycles. The van der Waals surface area contributed by atoms with Gasteiger partial charge < -0.3 is 15.2 Å². The Hall–Kier alpha value is -1.87. The number of benzene rings is 1. The number of aliphatic hydroxyl groups is 1. The summed E-state index contributed by atoms with van der Waals surface area (Å²) < 4.78 is 5.62. The zero-order chi connectivity index (χ0) is 15.3. The second-order valence-corrected chi connectivity index (χ2v) is 5.76. The van der Waals surface area contributed by atoms with Crippen LogP contribution in [0.2, 0.25) is 5.02 Å². The third-order valence-electron chi connectivity index (χ3n) is 2.17. The van der Waals surface area contributed by atoms with Crippen molar-refractivity contribution in [3.05, 3.63) is 59.7 Å². The van der Waals surface area contributed by atoms with Crippen molar-refractivity contribution in [2.24, 2.45) is 0 Å². The molecule has 0 unspecified atom stereocenters. The summed E-state index contributed by atoms with van der Waals surface area (Å²) in [4.78, 5) is 0. The van der Waals surface area contributed by atoms with Gasteiger partial charge in [-0.2, -0.15) is 0 Å². The predicted molar refractivity (Wildman–Crippen MR) is 85.9 cm³/mol. The molecule has 2 N–H and O–H groups in total. The Morgan fingerprint density at radius 2 is 2.00 bits per heavy atom. The lowest BCUT2D eigenvalue weighted by Crippen LogP contribution is -2.21. The van der Waals surface area contributed by atoms with Crippen LogP contribution in [0.15, 0.2) is 49.1 Å². The molecule has 3 nitrogen and oxygen atoms in total. The Balaban J connectivity index is 2.95. The maximum Gasteiger partial charge on any atom is 0.184 e. The van der Waals surface area contributed by atoms with E-state index in [0.29, 0.717) is 10.9 Å². The molecular formula is C16H20ClNO2. The van der Waals surface area contributed by atoms with E-state index in [2.05, 4.69) is 18.5 Å². The fourth-order valence-corrected chi connectivity index (χ4v) is 1.69. The summed E-state index contributed by atoms with van der Waals surface area (Å²) in [6.45, 7) is 13.1. The summed E-state index contributed by atoms with van der Waals surface area (Å²) in [7, 11) is 0. The van der Waals surface area contributed by atoms with Crippen LogP contribution in [-0.2, 0) is 4.74 Å². The molecule has 0 radical (unpaired) electrons. The van der Waals surface area contributed by atoms with Gasteiger partial charge in [-0.05, 0) is 57.2 Å². The first-order valence-electron chi connectivity index (χ1n) is 6.18. The predicted octanol–water partition coefficient (Wildman–Crippen LogP) is 5.12. The lowest BCUT2D eigenvalue weighted by molar-refractivity contribution is 0.0565. The highest BCUT2D eigenvalue weighted by Crippen LogP contribution is 2.25. The summed E-state index contributed by atoms with van der Waals surface area (Å²) in [5.41, 5.74) is 1.24. The second kappa shape index (κ2) is 6.53. The number of allylic oxidation sites excluding steroid dienone is 1. The number of hydrogen-bond donors (Lipinski definition) is 2. The van der Waals surface area contributed by atoms with Gasteiger partial charge in [-0.1, -0.05) is 24.2 Å². The number of anilines is 1. The maximum absolute atomic E-state index is 9.12. The van der Waals surface area contributed by atoms with Crippen molar-refractivity contribution >= 4 is 23.4 Å². The van der Waals surface area contributed by atoms with Crippen molar-refractivity contribution in [2.45, 2.75) is 26.4 Å². The first-order chi connectivity index (χ1) is 9.17. The van der Waals surface area contributed by atoms with Crippen LogP contribution in [0.4, 0.5) is 5.69 Å². The van der Waals surface area contributed by atoms with Crippen LogP contribution in [0.25, 0.3) is 6.08 Å². The van der Waals surface area contributed by atoms with Gasteiger partial charge in [0.2, 0.25) is 0 Å². The van der Waals surface area contributed by atoms with Gasteiger partial charge in [0.05, 0.1) is 0 Å². The number of rotatable bonds is 5. The fourth-order valence-electron chi connectivity index (χ4n) is 1.51. The fraction of sp³-hybridized carbons (Fsp3) is 0.250. The smallest absolute Gasteiger partial charge is 0.184 e. The maximum atomic E-state index is 9.12. The van der Waals surface area contributed by atoms with Gasteiger partial charge in [0.15, 0.2) is 5.88 Å². The molecule has 1 rings (SSSR count). The van der Waals surface area contributed by atoms with E-state index in [1.165, 1.54) is 6.08 Å². The topological polar surface area (TPSA) is 41.5 Å². The number of halogens is 1. The van der Waals surface area contributed by atoms with Crippen LogP contribution in [0.3, 0.4) is 0 Å². The second-order valence-electron chi connectivity index (χ2n) is 5.32. The van der Waals surface area contributed by atoms with Crippen LogP contribution in [0.5, 0.6) is 0 Å². The minimum Gasteiger partial charge on any atom is -0.509 e. The summed E-state index contributed by atoms with van der Waals surface area (Å²) >= 11 is 5.99. The molecule has 0 aliphatic heterocycles. The van der Waals surface area contributed by atoms with E-state index >= 15 is 0 Å². The van der Waals surface area contributed by atoms with E-state index < -0.39 is 0 Å². The highest BCUT2D eigenvalue weighted by atomic mass is 35.5. The van der Waals surface area contributed by atoms with E-state index in [0.717, 1.165) is 11.3 Å². The highest BCUT2D eigenvalue weighted by Gasteiger charge is 2.13. The molecule has 4 heteroatoms. The van der Waals surface area contributed by atoms with Crippen molar-refractivity contribution in [3.8, 4) is 0 Å². The molecule has 0 aliphatic rings. The molecule has 0 aromatic heterocycles. The molecule has 0 spiro atoms. The van der Waals surface area contributed by atoms with Gasteiger partial charge in [-0.25, -0.2) is 0 Å². The first-order valence-corrected chi connectivity index (χ1v) is 6.55.